The molecule has 3 saturated carbocycles. The van der Waals surface area contributed by atoms with Crippen molar-refractivity contribution in [1.82, 2.24) is 4.90 Å². The number of hydrogen-bond acceptors (Lipinski definition) is 5. The molecule has 5 nitrogen and oxygen atoms in total. The topological polar surface area (TPSA) is 61.8 Å². The van der Waals surface area contributed by atoms with Crippen molar-refractivity contribution in [3.05, 3.63) is 42.0 Å². The molecule has 5 heteroatoms. The molecule has 0 radical (unpaired) electrons. The third kappa shape index (κ3) is 1.52. The zero-order chi connectivity index (χ0) is 18.4. The fourth-order valence-corrected chi connectivity index (χ4v) is 7.69. The Hall–Kier alpha value is -1.85. The molecule has 2 N–H and O–H groups in total. The van der Waals surface area contributed by atoms with Crippen molar-refractivity contribution in [2.75, 3.05) is 25.0 Å². The van der Waals surface area contributed by atoms with Gasteiger partial charge in [0.2, 0.25) is 0 Å². The van der Waals surface area contributed by atoms with Crippen LogP contribution in [0.4, 0.5) is 5.69 Å². The van der Waals surface area contributed by atoms with E-state index in [0.717, 1.165) is 38.0 Å². The Morgan fingerprint density at radius 3 is 3.04 bits per heavy atom. The van der Waals surface area contributed by atoms with Gasteiger partial charge >= 0.3 is 5.97 Å². The molecule has 1 aromatic carbocycles. The van der Waals surface area contributed by atoms with Crippen molar-refractivity contribution in [1.29, 1.82) is 0 Å². The van der Waals surface area contributed by atoms with Crippen molar-refractivity contribution < 1.29 is 14.6 Å². The summed E-state index contributed by atoms with van der Waals surface area (Å²) in [4.78, 5) is 15.7. The Balaban J connectivity index is 1.65. The SMILES string of the molecule is CCOC(=O)[C@@H]1[C@@H](O)C23C=CCN4CC[C@@]5(c6ccccc6NC15CC2)[C@@H]43. The Kier molecular flexibility index (Phi) is 2.96. The lowest BCUT2D eigenvalue weighted by molar-refractivity contribution is -0.195. The van der Waals surface area contributed by atoms with E-state index in [-0.39, 0.29) is 22.8 Å². The average Bonchev–Trinajstić information content (AvgIpc) is 3.21. The fourth-order valence-electron chi connectivity index (χ4n) is 7.69. The summed E-state index contributed by atoms with van der Waals surface area (Å²) in [5.41, 5.74) is 1.48. The quantitative estimate of drug-likeness (QED) is 0.620. The first-order valence-corrected chi connectivity index (χ1v) is 10.2. The molecule has 7 rings (SSSR count). The number of nitrogens with zero attached hydrogens (tertiary/aromatic N) is 1. The zero-order valence-electron chi connectivity index (χ0n) is 15.6. The molecular weight excluding hydrogens is 340 g/mol. The maximum Gasteiger partial charge on any atom is 0.314 e. The average molecular weight is 366 g/mol. The fraction of sp³-hybridized carbons (Fsp3) is 0.591. The lowest BCUT2D eigenvalue weighted by Crippen LogP contribution is -2.81. The van der Waals surface area contributed by atoms with Crippen LogP contribution in [0.5, 0.6) is 0 Å². The van der Waals surface area contributed by atoms with Crippen LogP contribution in [0.25, 0.3) is 0 Å². The van der Waals surface area contributed by atoms with Crippen molar-refractivity contribution in [2.45, 2.75) is 49.3 Å². The third-order valence-electron chi connectivity index (χ3n) is 8.35. The van der Waals surface area contributed by atoms with Crippen molar-refractivity contribution in [3.63, 3.8) is 0 Å². The highest BCUT2D eigenvalue weighted by molar-refractivity contribution is 5.82. The van der Waals surface area contributed by atoms with Gasteiger partial charge < -0.3 is 15.2 Å². The molecular formula is C22H26N2O3. The molecule has 3 aliphatic heterocycles. The minimum Gasteiger partial charge on any atom is -0.466 e. The first-order chi connectivity index (χ1) is 13.1. The van der Waals surface area contributed by atoms with E-state index in [4.69, 9.17) is 4.74 Å². The molecule has 2 bridgehead atoms. The van der Waals surface area contributed by atoms with Gasteiger partial charge in [0.25, 0.3) is 0 Å². The Bertz CT molecular complexity index is 869. The summed E-state index contributed by atoms with van der Waals surface area (Å²) in [7, 11) is 0. The number of carbonyl (C=O) groups is 1. The van der Waals surface area contributed by atoms with Crippen LogP contribution in [-0.4, -0.2) is 53.4 Å². The van der Waals surface area contributed by atoms with Crippen molar-refractivity contribution >= 4 is 11.7 Å². The molecule has 1 aromatic rings. The number of carbonyl (C=O) groups excluding carboxylic acids is 1. The number of esters is 1. The van der Waals surface area contributed by atoms with Gasteiger partial charge in [-0.05, 0) is 44.4 Å². The number of fused-ring (bicyclic) bond motifs is 3. The standard InChI is InChI=1S/C22H26N2O3/c1-2-27-18(26)16-17(25)20-8-5-12-24-13-11-21(19(20)24)14-6-3-4-7-15(14)23-22(16,21)10-9-20/h3-8,16-17,19,23,25H,2,9-13H2,1H3/t16-,17+,19-,20?,21+,22?/m0/s1. The van der Waals surface area contributed by atoms with E-state index in [1.54, 1.807) is 0 Å². The van der Waals surface area contributed by atoms with E-state index >= 15 is 0 Å². The van der Waals surface area contributed by atoms with E-state index < -0.39 is 17.6 Å². The molecule has 6 aliphatic rings. The predicted octanol–water partition coefficient (Wildman–Crippen LogP) is 2.07. The molecule has 6 atom stereocenters. The number of benzene rings is 1. The van der Waals surface area contributed by atoms with Gasteiger partial charge in [0, 0.05) is 29.1 Å². The second kappa shape index (κ2) is 4.95. The van der Waals surface area contributed by atoms with Crippen LogP contribution in [0, 0.1) is 11.3 Å². The van der Waals surface area contributed by atoms with Gasteiger partial charge in [-0.1, -0.05) is 30.4 Å². The Labute approximate surface area is 159 Å². The first kappa shape index (κ1) is 16.1. The number of aliphatic hydroxyl groups is 1. The summed E-state index contributed by atoms with van der Waals surface area (Å²) in [6.07, 6.45) is 6.53. The number of rotatable bonds is 2. The van der Waals surface area contributed by atoms with Gasteiger partial charge in [-0.3, -0.25) is 9.69 Å². The Morgan fingerprint density at radius 1 is 1.33 bits per heavy atom. The summed E-state index contributed by atoms with van der Waals surface area (Å²) in [6, 6.07) is 8.78. The minimum atomic E-state index is -0.720. The van der Waals surface area contributed by atoms with Gasteiger partial charge in [0.05, 0.1) is 18.2 Å². The predicted molar refractivity (Wildman–Crippen MR) is 101 cm³/mol. The van der Waals surface area contributed by atoms with E-state index in [1.165, 1.54) is 5.56 Å². The van der Waals surface area contributed by atoms with Crippen molar-refractivity contribution in [2.24, 2.45) is 11.3 Å². The van der Waals surface area contributed by atoms with E-state index in [9.17, 15) is 9.90 Å². The Morgan fingerprint density at radius 2 is 2.19 bits per heavy atom. The molecule has 4 fully saturated rings. The highest BCUT2D eigenvalue weighted by Crippen LogP contribution is 2.73. The van der Waals surface area contributed by atoms with Crippen LogP contribution < -0.4 is 5.32 Å². The van der Waals surface area contributed by atoms with Crippen LogP contribution in [0.3, 0.4) is 0 Å². The normalized spacial score (nSPS) is 45.8. The van der Waals surface area contributed by atoms with Crippen LogP contribution in [0.1, 0.15) is 31.7 Å². The first-order valence-electron chi connectivity index (χ1n) is 10.2. The van der Waals surface area contributed by atoms with Crippen LogP contribution in [-0.2, 0) is 14.9 Å². The summed E-state index contributed by atoms with van der Waals surface area (Å²) >= 11 is 0. The lowest BCUT2D eigenvalue weighted by atomic mass is 9.38. The van der Waals surface area contributed by atoms with Crippen LogP contribution in [0.15, 0.2) is 36.4 Å². The monoisotopic (exact) mass is 366 g/mol. The summed E-state index contributed by atoms with van der Waals surface area (Å²) in [5.74, 6) is -0.794. The number of hydrogen-bond donors (Lipinski definition) is 2. The van der Waals surface area contributed by atoms with Gasteiger partial charge in [-0.15, -0.1) is 0 Å². The molecule has 3 aliphatic carbocycles. The maximum absolute atomic E-state index is 13.2. The van der Waals surface area contributed by atoms with Gasteiger partial charge in [-0.2, -0.15) is 0 Å². The summed E-state index contributed by atoms with van der Waals surface area (Å²) < 4.78 is 5.51. The van der Waals surface area contributed by atoms with E-state index in [2.05, 4.69) is 46.6 Å². The molecule has 142 valence electrons. The van der Waals surface area contributed by atoms with E-state index in [0.29, 0.717) is 6.61 Å². The second-order valence-electron chi connectivity index (χ2n) is 8.95. The zero-order valence-corrected chi connectivity index (χ0v) is 15.6. The number of aliphatic hydroxyl groups excluding tert-OH is 1. The van der Waals surface area contributed by atoms with Crippen molar-refractivity contribution in [3.8, 4) is 0 Å². The van der Waals surface area contributed by atoms with Gasteiger partial charge in [0.1, 0.15) is 5.92 Å². The maximum atomic E-state index is 13.2. The summed E-state index contributed by atoms with van der Waals surface area (Å²) in [5, 5.41) is 15.4. The lowest BCUT2D eigenvalue weighted by Gasteiger charge is -2.69. The largest absolute Gasteiger partial charge is 0.466 e. The third-order valence-corrected chi connectivity index (χ3v) is 8.35. The highest BCUT2D eigenvalue weighted by Gasteiger charge is 2.81. The molecule has 0 amide bonds. The second-order valence-corrected chi connectivity index (χ2v) is 8.95. The number of ether oxygens (including phenoxy) is 1. The number of para-hydroxylation sites is 1. The van der Waals surface area contributed by atoms with Gasteiger partial charge in [0.15, 0.2) is 0 Å². The molecule has 1 saturated heterocycles. The minimum absolute atomic E-state index is 0.150. The molecule has 3 heterocycles. The molecule has 0 aromatic heterocycles. The molecule has 27 heavy (non-hydrogen) atoms. The van der Waals surface area contributed by atoms with Crippen LogP contribution >= 0.6 is 0 Å². The number of nitrogens with one attached hydrogen (secondary N) is 1. The highest BCUT2D eigenvalue weighted by atomic mass is 16.5. The molecule has 2 unspecified atom stereocenters. The molecule has 3 spiro atoms. The summed E-state index contributed by atoms with van der Waals surface area (Å²) in [6.45, 7) is 4.13. The van der Waals surface area contributed by atoms with E-state index in [1.807, 2.05) is 6.92 Å². The van der Waals surface area contributed by atoms with Crippen LogP contribution in [0.2, 0.25) is 0 Å². The number of anilines is 1. The smallest absolute Gasteiger partial charge is 0.314 e. The van der Waals surface area contributed by atoms with Gasteiger partial charge in [-0.25, -0.2) is 0 Å².